The molecule has 0 radical (unpaired) electrons. The van der Waals surface area contributed by atoms with Crippen LogP contribution in [0.15, 0.2) is 0 Å². The van der Waals surface area contributed by atoms with Gasteiger partial charge in [-0.1, -0.05) is 0 Å². The van der Waals surface area contributed by atoms with Crippen LogP contribution in [0.1, 0.15) is 32.6 Å². The molecule has 1 saturated heterocycles. The largest absolute Gasteiger partial charge is 0.317 e. The highest BCUT2D eigenvalue weighted by Gasteiger charge is 2.36. The van der Waals surface area contributed by atoms with Gasteiger partial charge in [0.15, 0.2) is 0 Å². The van der Waals surface area contributed by atoms with Gasteiger partial charge in [-0.15, -0.1) is 0 Å². The number of piperidine rings is 1. The summed E-state index contributed by atoms with van der Waals surface area (Å²) in [6.45, 7) is 5.99. The highest BCUT2D eigenvalue weighted by molar-refractivity contribution is 7.99. The molecule has 3 heteroatoms. The maximum absolute atomic E-state index is 3.64. The van der Waals surface area contributed by atoms with Gasteiger partial charge in [-0.05, 0) is 45.7 Å². The number of hydrogen-bond donors (Lipinski definition) is 2. The topological polar surface area (TPSA) is 24.1 Å². The molecule has 0 amide bonds. The second kappa shape index (κ2) is 4.86. The first kappa shape index (κ1) is 10.8. The molecule has 0 unspecified atom stereocenters. The van der Waals surface area contributed by atoms with Crippen molar-refractivity contribution in [2.24, 2.45) is 0 Å². The van der Waals surface area contributed by atoms with E-state index in [4.69, 9.17) is 0 Å². The quantitative estimate of drug-likeness (QED) is 0.680. The predicted molar refractivity (Wildman–Crippen MR) is 64.0 cm³/mol. The zero-order valence-corrected chi connectivity index (χ0v) is 9.96. The first-order chi connectivity index (χ1) is 6.79. The molecule has 0 aromatic rings. The van der Waals surface area contributed by atoms with Crippen molar-refractivity contribution in [1.29, 1.82) is 0 Å². The van der Waals surface area contributed by atoms with E-state index >= 15 is 0 Å². The van der Waals surface area contributed by atoms with E-state index in [9.17, 15) is 0 Å². The lowest BCUT2D eigenvalue weighted by atomic mass is 10.2. The summed E-state index contributed by atoms with van der Waals surface area (Å²) in [6, 6.07) is 0. The van der Waals surface area contributed by atoms with Crippen molar-refractivity contribution in [1.82, 2.24) is 10.6 Å². The fourth-order valence-electron chi connectivity index (χ4n) is 1.90. The van der Waals surface area contributed by atoms with E-state index in [1.165, 1.54) is 51.1 Å². The fraction of sp³-hybridized carbons (Fsp3) is 1.00. The molecular weight excluding hydrogens is 192 g/mol. The Kier molecular flexibility index (Phi) is 3.74. The van der Waals surface area contributed by atoms with Crippen LogP contribution < -0.4 is 10.6 Å². The van der Waals surface area contributed by atoms with Crippen LogP contribution in [-0.2, 0) is 0 Å². The average molecular weight is 214 g/mol. The molecule has 0 bridgehead atoms. The lowest BCUT2D eigenvalue weighted by molar-refractivity contribution is 0.529. The minimum atomic E-state index is 0.523. The van der Waals surface area contributed by atoms with Gasteiger partial charge in [0.1, 0.15) is 0 Å². The third-order valence-corrected chi connectivity index (χ3v) is 4.68. The minimum Gasteiger partial charge on any atom is -0.317 e. The van der Waals surface area contributed by atoms with E-state index in [-0.39, 0.29) is 0 Å². The van der Waals surface area contributed by atoms with Gasteiger partial charge < -0.3 is 10.6 Å². The third kappa shape index (κ3) is 3.44. The number of nitrogens with one attached hydrogen (secondary N) is 2. The Balaban J connectivity index is 1.49. The first-order valence-electron chi connectivity index (χ1n) is 5.86. The molecule has 0 aromatic carbocycles. The van der Waals surface area contributed by atoms with Crippen molar-refractivity contribution >= 4 is 11.8 Å². The maximum atomic E-state index is 3.64. The van der Waals surface area contributed by atoms with Gasteiger partial charge in [-0.25, -0.2) is 0 Å². The van der Waals surface area contributed by atoms with Gasteiger partial charge in [-0.2, -0.15) is 11.8 Å². The van der Waals surface area contributed by atoms with Crippen LogP contribution in [0.3, 0.4) is 0 Å². The Morgan fingerprint density at radius 2 is 2.07 bits per heavy atom. The van der Waals surface area contributed by atoms with Crippen LogP contribution in [-0.4, -0.2) is 36.2 Å². The summed E-state index contributed by atoms with van der Waals surface area (Å²) in [5.74, 6) is 1.29. The van der Waals surface area contributed by atoms with Crippen LogP contribution in [0.25, 0.3) is 0 Å². The molecule has 2 rings (SSSR count). The summed E-state index contributed by atoms with van der Waals surface area (Å²) in [4.78, 5) is 0. The number of rotatable bonds is 5. The Morgan fingerprint density at radius 1 is 1.36 bits per heavy atom. The van der Waals surface area contributed by atoms with Crippen LogP contribution in [0.4, 0.5) is 0 Å². The molecule has 2 N–H and O–H groups in total. The molecule has 0 aromatic heterocycles. The Labute approximate surface area is 91.6 Å². The van der Waals surface area contributed by atoms with Gasteiger partial charge in [-0.3, -0.25) is 0 Å². The van der Waals surface area contributed by atoms with Crippen LogP contribution in [0.5, 0.6) is 0 Å². The van der Waals surface area contributed by atoms with Gasteiger partial charge in [0.2, 0.25) is 0 Å². The molecule has 14 heavy (non-hydrogen) atoms. The molecule has 82 valence electrons. The van der Waals surface area contributed by atoms with Crippen molar-refractivity contribution in [3.63, 3.8) is 0 Å². The second-order valence-corrected chi connectivity index (χ2v) is 6.22. The van der Waals surface area contributed by atoms with Gasteiger partial charge in [0.05, 0.1) is 0 Å². The average Bonchev–Trinajstić information content (AvgIpc) is 2.94. The zero-order chi connectivity index (χ0) is 9.86. The molecular formula is C11H22N2S. The van der Waals surface area contributed by atoms with Crippen molar-refractivity contribution < 1.29 is 0 Å². The Bertz CT molecular complexity index is 174. The lowest BCUT2D eigenvalue weighted by Crippen LogP contribution is -2.32. The minimum absolute atomic E-state index is 0.523. The van der Waals surface area contributed by atoms with Crippen LogP contribution in [0.2, 0.25) is 0 Å². The normalized spacial score (nSPS) is 26.4. The molecule has 2 aliphatic rings. The summed E-state index contributed by atoms with van der Waals surface area (Å²) in [7, 11) is 0. The molecule has 0 atom stereocenters. The van der Waals surface area contributed by atoms with Gasteiger partial charge >= 0.3 is 0 Å². The van der Waals surface area contributed by atoms with E-state index in [1.807, 2.05) is 0 Å². The van der Waals surface area contributed by atoms with E-state index < -0.39 is 0 Å². The first-order valence-corrected chi connectivity index (χ1v) is 6.91. The molecule has 1 saturated carbocycles. The summed E-state index contributed by atoms with van der Waals surface area (Å²) in [5.41, 5.74) is 0.523. The summed E-state index contributed by atoms with van der Waals surface area (Å²) in [5, 5.41) is 7.97. The summed E-state index contributed by atoms with van der Waals surface area (Å²) in [6.07, 6.45) is 5.49. The Morgan fingerprint density at radius 3 is 2.71 bits per heavy atom. The van der Waals surface area contributed by atoms with E-state index in [1.54, 1.807) is 0 Å². The molecule has 0 spiro atoms. The van der Waals surface area contributed by atoms with Crippen LogP contribution >= 0.6 is 11.8 Å². The van der Waals surface area contributed by atoms with Crippen molar-refractivity contribution in [2.45, 2.75) is 43.4 Å². The fourth-order valence-corrected chi connectivity index (χ4v) is 3.03. The summed E-state index contributed by atoms with van der Waals surface area (Å²) >= 11 is 2.16. The molecule has 1 aliphatic carbocycles. The molecule has 2 nitrogen and oxygen atoms in total. The third-order valence-electron chi connectivity index (χ3n) is 3.29. The zero-order valence-electron chi connectivity index (χ0n) is 9.14. The lowest BCUT2D eigenvalue weighted by Gasteiger charge is -2.22. The summed E-state index contributed by atoms with van der Waals surface area (Å²) < 4.78 is 0. The monoisotopic (exact) mass is 214 g/mol. The van der Waals surface area contributed by atoms with Gasteiger partial charge in [0.25, 0.3) is 0 Å². The maximum Gasteiger partial charge on any atom is 0.0155 e. The highest BCUT2D eigenvalue weighted by atomic mass is 32.2. The van der Waals surface area contributed by atoms with Crippen molar-refractivity contribution in [2.75, 3.05) is 25.4 Å². The van der Waals surface area contributed by atoms with Crippen molar-refractivity contribution in [3.05, 3.63) is 0 Å². The molecule has 1 heterocycles. The van der Waals surface area contributed by atoms with Crippen molar-refractivity contribution in [3.8, 4) is 0 Å². The van der Waals surface area contributed by atoms with Gasteiger partial charge in [0, 0.05) is 23.1 Å². The number of hydrogen-bond acceptors (Lipinski definition) is 3. The van der Waals surface area contributed by atoms with E-state index in [2.05, 4.69) is 29.3 Å². The Hall–Kier alpha value is 0.270. The molecule has 2 fully saturated rings. The SMILES string of the molecule is CC1(NCCSC2CCNCC2)CC1. The molecule has 1 aliphatic heterocycles. The highest BCUT2D eigenvalue weighted by Crippen LogP contribution is 2.34. The standard InChI is InChI=1S/C11H22N2S/c1-11(4-5-11)13-8-9-14-10-2-6-12-7-3-10/h10,12-13H,2-9H2,1H3. The predicted octanol–water partition coefficient (Wildman–Crippen LogP) is 1.61. The smallest absolute Gasteiger partial charge is 0.0155 e. The second-order valence-electron chi connectivity index (χ2n) is 4.81. The van der Waals surface area contributed by atoms with E-state index in [0.29, 0.717) is 5.54 Å². The van der Waals surface area contributed by atoms with Crippen LogP contribution in [0, 0.1) is 0 Å². The van der Waals surface area contributed by atoms with E-state index in [0.717, 1.165) is 5.25 Å². The number of thioether (sulfide) groups is 1.